The number of nitrogens with one attached hydrogen (secondary N) is 1. The van der Waals surface area contributed by atoms with Crippen molar-refractivity contribution in [3.05, 3.63) is 59.2 Å². The van der Waals surface area contributed by atoms with Crippen molar-refractivity contribution in [3.63, 3.8) is 0 Å². The van der Waals surface area contributed by atoms with Gasteiger partial charge < -0.3 is 5.32 Å². The van der Waals surface area contributed by atoms with Crippen molar-refractivity contribution in [2.24, 2.45) is 0 Å². The lowest BCUT2D eigenvalue weighted by Gasteiger charge is -2.18. The number of carbonyl (C=O) groups excluding carboxylic acids is 1. The van der Waals surface area contributed by atoms with E-state index < -0.39 is 10.0 Å². The van der Waals surface area contributed by atoms with Crippen molar-refractivity contribution in [3.8, 4) is 0 Å². The van der Waals surface area contributed by atoms with E-state index in [2.05, 4.69) is 5.32 Å². The van der Waals surface area contributed by atoms with E-state index in [9.17, 15) is 13.2 Å². The number of hydrogen-bond donors (Lipinski definition) is 1. The van der Waals surface area contributed by atoms with Crippen LogP contribution in [0.5, 0.6) is 0 Å². The van der Waals surface area contributed by atoms with Gasteiger partial charge in [0.1, 0.15) is 0 Å². The summed E-state index contributed by atoms with van der Waals surface area (Å²) in [6.45, 7) is 4.81. The highest BCUT2D eigenvalue weighted by Crippen LogP contribution is 2.25. The predicted molar refractivity (Wildman–Crippen MR) is 98.3 cm³/mol. The van der Waals surface area contributed by atoms with E-state index in [-0.39, 0.29) is 10.8 Å². The highest BCUT2D eigenvalue weighted by Gasteiger charge is 2.29. The fourth-order valence-corrected chi connectivity index (χ4v) is 4.69. The van der Waals surface area contributed by atoms with Gasteiger partial charge >= 0.3 is 0 Å². The molecule has 5 nitrogen and oxygen atoms in total. The molecule has 1 saturated heterocycles. The Labute approximate surface area is 148 Å². The first-order valence-electron chi connectivity index (χ1n) is 8.37. The maximum absolute atomic E-state index is 12.8. The van der Waals surface area contributed by atoms with Gasteiger partial charge in [0.25, 0.3) is 5.91 Å². The summed E-state index contributed by atoms with van der Waals surface area (Å²) in [4.78, 5) is 12.7. The third-order valence-corrected chi connectivity index (χ3v) is 6.48. The highest BCUT2D eigenvalue weighted by molar-refractivity contribution is 7.89. The van der Waals surface area contributed by atoms with Gasteiger partial charge in [0.15, 0.2) is 0 Å². The van der Waals surface area contributed by atoms with Gasteiger partial charge in [-0.3, -0.25) is 4.79 Å². The van der Waals surface area contributed by atoms with E-state index in [1.165, 1.54) is 10.4 Å². The SMILES string of the molecule is Cc1ccc(NC(=O)c2ccc(C)c(S(=O)(=O)N3CCCC3)c2)cc1. The van der Waals surface area contributed by atoms with E-state index in [0.29, 0.717) is 29.9 Å². The molecule has 1 fully saturated rings. The number of anilines is 1. The lowest BCUT2D eigenvalue weighted by Crippen LogP contribution is -2.28. The number of sulfonamides is 1. The molecule has 0 unspecified atom stereocenters. The first-order chi connectivity index (χ1) is 11.9. The highest BCUT2D eigenvalue weighted by atomic mass is 32.2. The summed E-state index contributed by atoms with van der Waals surface area (Å²) in [5.74, 6) is -0.318. The Balaban J connectivity index is 1.88. The predicted octanol–water partition coefficient (Wildman–Crippen LogP) is 3.34. The molecule has 0 radical (unpaired) electrons. The maximum Gasteiger partial charge on any atom is 0.255 e. The quantitative estimate of drug-likeness (QED) is 0.911. The van der Waals surface area contributed by atoms with Gasteiger partial charge in [0, 0.05) is 24.3 Å². The van der Waals surface area contributed by atoms with Crippen LogP contribution in [-0.4, -0.2) is 31.7 Å². The smallest absolute Gasteiger partial charge is 0.255 e. The second kappa shape index (κ2) is 6.98. The molecule has 1 aliphatic rings. The third kappa shape index (κ3) is 3.75. The number of rotatable bonds is 4. The zero-order chi connectivity index (χ0) is 18.0. The van der Waals surface area contributed by atoms with Gasteiger partial charge in [-0.2, -0.15) is 4.31 Å². The number of amides is 1. The van der Waals surface area contributed by atoms with Crippen LogP contribution in [0.4, 0.5) is 5.69 Å². The Morgan fingerprint density at radius 2 is 1.64 bits per heavy atom. The van der Waals surface area contributed by atoms with Gasteiger partial charge in [0.2, 0.25) is 10.0 Å². The molecule has 1 heterocycles. The molecular weight excluding hydrogens is 336 g/mol. The summed E-state index contributed by atoms with van der Waals surface area (Å²) in [5.41, 5.74) is 2.77. The summed E-state index contributed by atoms with van der Waals surface area (Å²) < 4.78 is 27.1. The molecule has 0 aromatic heterocycles. The molecule has 6 heteroatoms. The minimum Gasteiger partial charge on any atom is -0.322 e. The van der Waals surface area contributed by atoms with Crippen LogP contribution in [0.1, 0.15) is 34.3 Å². The van der Waals surface area contributed by atoms with Crippen LogP contribution in [0.3, 0.4) is 0 Å². The van der Waals surface area contributed by atoms with E-state index in [1.54, 1.807) is 19.1 Å². The van der Waals surface area contributed by atoms with E-state index in [4.69, 9.17) is 0 Å². The van der Waals surface area contributed by atoms with Crippen LogP contribution in [-0.2, 0) is 10.0 Å². The Morgan fingerprint density at radius 1 is 1.00 bits per heavy atom. The lowest BCUT2D eigenvalue weighted by atomic mass is 10.1. The molecule has 2 aromatic rings. The molecular formula is C19H22N2O3S. The van der Waals surface area contributed by atoms with E-state index in [1.807, 2.05) is 31.2 Å². The van der Waals surface area contributed by atoms with Crippen LogP contribution in [0.15, 0.2) is 47.4 Å². The second-order valence-electron chi connectivity index (χ2n) is 6.41. The minimum atomic E-state index is -3.55. The molecule has 1 aliphatic heterocycles. The molecule has 3 rings (SSSR count). The summed E-state index contributed by atoms with van der Waals surface area (Å²) in [7, 11) is -3.55. The maximum atomic E-state index is 12.8. The normalized spacial score (nSPS) is 15.3. The number of carbonyl (C=O) groups is 1. The van der Waals surface area contributed by atoms with Gasteiger partial charge in [-0.1, -0.05) is 23.8 Å². The number of benzene rings is 2. The van der Waals surface area contributed by atoms with E-state index >= 15 is 0 Å². The second-order valence-corrected chi connectivity index (χ2v) is 8.32. The largest absolute Gasteiger partial charge is 0.322 e. The molecule has 132 valence electrons. The van der Waals surface area contributed by atoms with Crippen molar-refractivity contribution in [1.82, 2.24) is 4.31 Å². The molecule has 0 bridgehead atoms. The Hall–Kier alpha value is -2.18. The molecule has 25 heavy (non-hydrogen) atoms. The van der Waals surface area contributed by atoms with Crippen molar-refractivity contribution in [2.75, 3.05) is 18.4 Å². The number of hydrogen-bond acceptors (Lipinski definition) is 3. The molecule has 2 aromatic carbocycles. The third-order valence-electron chi connectivity index (χ3n) is 4.44. The van der Waals surface area contributed by atoms with Gasteiger partial charge in [-0.15, -0.1) is 0 Å². The molecule has 0 saturated carbocycles. The van der Waals surface area contributed by atoms with Crippen molar-refractivity contribution in [1.29, 1.82) is 0 Å². The molecule has 1 N–H and O–H groups in total. The van der Waals surface area contributed by atoms with Crippen LogP contribution in [0.2, 0.25) is 0 Å². The van der Waals surface area contributed by atoms with Crippen molar-refractivity contribution >= 4 is 21.6 Å². The monoisotopic (exact) mass is 358 g/mol. The lowest BCUT2D eigenvalue weighted by molar-refractivity contribution is 0.102. The van der Waals surface area contributed by atoms with Gasteiger partial charge in [-0.05, 0) is 56.5 Å². The average molecular weight is 358 g/mol. The molecule has 0 atom stereocenters. The Bertz CT molecular complexity index is 883. The van der Waals surface area contributed by atoms with Crippen LogP contribution >= 0.6 is 0 Å². The van der Waals surface area contributed by atoms with Crippen molar-refractivity contribution < 1.29 is 13.2 Å². The first kappa shape index (κ1) is 17.6. The molecule has 0 aliphatic carbocycles. The molecule has 0 spiro atoms. The zero-order valence-electron chi connectivity index (χ0n) is 14.5. The number of aryl methyl sites for hydroxylation is 2. The van der Waals surface area contributed by atoms with E-state index in [0.717, 1.165) is 18.4 Å². The van der Waals surface area contributed by atoms with Crippen molar-refractivity contribution in [2.45, 2.75) is 31.6 Å². The van der Waals surface area contributed by atoms with Gasteiger partial charge in [0.05, 0.1) is 4.90 Å². The summed E-state index contributed by atoms with van der Waals surface area (Å²) in [5, 5.41) is 2.81. The topological polar surface area (TPSA) is 66.5 Å². The Kier molecular flexibility index (Phi) is 4.92. The summed E-state index contributed by atoms with van der Waals surface area (Å²) >= 11 is 0. The average Bonchev–Trinajstić information content (AvgIpc) is 3.12. The van der Waals surface area contributed by atoms with Crippen LogP contribution in [0.25, 0.3) is 0 Å². The molecule has 1 amide bonds. The first-order valence-corrected chi connectivity index (χ1v) is 9.81. The minimum absolute atomic E-state index is 0.214. The Morgan fingerprint density at radius 3 is 2.28 bits per heavy atom. The number of nitrogens with zero attached hydrogens (tertiary/aromatic N) is 1. The standard InChI is InChI=1S/C19H22N2O3S/c1-14-5-9-17(10-6-14)20-19(22)16-8-7-15(2)18(13-16)25(23,24)21-11-3-4-12-21/h5-10,13H,3-4,11-12H2,1-2H3,(H,20,22). The van der Waals surface area contributed by atoms with Crippen LogP contribution in [0, 0.1) is 13.8 Å². The zero-order valence-corrected chi connectivity index (χ0v) is 15.3. The fraction of sp³-hybridized carbons (Fsp3) is 0.316. The summed E-state index contributed by atoms with van der Waals surface area (Å²) in [6, 6.07) is 12.3. The van der Waals surface area contributed by atoms with Crippen LogP contribution < -0.4 is 5.32 Å². The summed E-state index contributed by atoms with van der Waals surface area (Å²) in [6.07, 6.45) is 1.76. The fourth-order valence-electron chi connectivity index (χ4n) is 2.93. The van der Waals surface area contributed by atoms with Gasteiger partial charge in [-0.25, -0.2) is 8.42 Å².